The summed E-state index contributed by atoms with van der Waals surface area (Å²) in [5, 5.41) is 6.87. The number of anilines is 1. The maximum atomic E-state index is 12.2. The molecule has 1 amide bonds. The van der Waals surface area contributed by atoms with Crippen LogP contribution in [-0.4, -0.2) is 28.8 Å². The number of rotatable bonds is 3. The van der Waals surface area contributed by atoms with E-state index in [2.05, 4.69) is 19.2 Å². The number of nitrogens with one attached hydrogen (secondary N) is 1. The molecule has 3 heterocycles. The van der Waals surface area contributed by atoms with E-state index in [4.69, 9.17) is 0 Å². The van der Waals surface area contributed by atoms with Gasteiger partial charge in [-0.05, 0) is 24.3 Å². The largest absolute Gasteiger partial charge is 0.350 e. The molecule has 0 spiro atoms. The van der Waals surface area contributed by atoms with Gasteiger partial charge in [0.05, 0.1) is 17.4 Å². The molecule has 0 saturated heterocycles. The van der Waals surface area contributed by atoms with E-state index >= 15 is 0 Å². The number of pyridine rings is 1. The number of carbonyl (C=O) groups excluding carboxylic acids is 1. The highest BCUT2D eigenvalue weighted by Gasteiger charge is 2.12. The van der Waals surface area contributed by atoms with Crippen LogP contribution in [0.25, 0.3) is 16.7 Å². The Kier molecular flexibility index (Phi) is 3.12. The SMILES string of the molecule is O=C(Cn1nc2ccccn2c1=O)Nc1cccc2nsnc12. The van der Waals surface area contributed by atoms with Gasteiger partial charge in [0, 0.05) is 6.20 Å². The second-order valence-corrected chi connectivity index (χ2v) is 5.38. The first kappa shape index (κ1) is 13.6. The van der Waals surface area contributed by atoms with Crippen molar-refractivity contribution in [3.05, 3.63) is 53.1 Å². The quantitative estimate of drug-likeness (QED) is 0.609. The number of carbonyl (C=O) groups is 1. The van der Waals surface area contributed by atoms with Gasteiger partial charge in [-0.1, -0.05) is 12.1 Å². The maximum absolute atomic E-state index is 12.2. The van der Waals surface area contributed by atoms with E-state index in [1.54, 1.807) is 36.5 Å². The summed E-state index contributed by atoms with van der Waals surface area (Å²) in [5.74, 6) is -0.351. The Morgan fingerprint density at radius 1 is 1.17 bits per heavy atom. The average Bonchev–Trinajstić information content (AvgIpc) is 3.14. The summed E-state index contributed by atoms with van der Waals surface area (Å²) in [6.45, 7) is -0.172. The summed E-state index contributed by atoms with van der Waals surface area (Å²) >= 11 is 1.08. The summed E-state index contributed by atoms with van der Waals surface area (Å²) in [6.07, 6.45) is 1.61. The molecule has 0 fully saturated rings. The lowest BCUT2D eigenvalue weighted by atomic mass is 10.2. The molecule has 0 aliphatic rings. The predicted molar refractivity (Wildman–Crippen MR) is 85.5 cm³/mol. The van der Waals surface area contributed by atoms with Crippen molar-refractivity contribution >= 4 is 40.0 Å². The number of nitrogens with zero attached hydrogens (tertiary/aromatic N) is 5. The minimum absolute atomic E-state index is 0.172. The average molecular weight is 326 g/mol. The van der Waals surface area contributed by atoms with E-state index in [-0.39, 0.29) is 18.1 Å². The molecular weight excluding hydrogens is 316 g/mol. The first-order valence-electron chi connectivity index (χ1n) is 6.78. The third-order valence-electron chi connectivity index (χ3n) is 3.34. The Morgan fingerprint density at radius 2 is 2.09 bits per heavy atom. The van der Waals surface area contributed by atoms with Gasteiger partial charge in [0.1, 0.15) is 17.6 Å². The Hall–Kier alpha value is -3.07. The van der Waals surface area contributed by atoms with Crippen molar-refractivity contribution in [3.63, 3.8) is 0 Å². The lowest BCUT2D eigenvalue weighted by Gasteiger charge is -2.04. The molecule has 1 N–H and O–H groups in total. The van der Waals surface area contributed by atoms with Crippen LogP contribution in [0.3, 0.4) is 0 Å². The van der Waals surface area contributed by atoms with Gasteiger partial charge in [0.15, 0.2) is 5.65 Å². The second-order valence-electron chi connectivity index (χ2n) is 4.85. The van der Waals surface area contributed by atoms with Crippen LogP contribution in [0.1, 0.15) is 0 Å². The highest BCUT2D eigenvalue weighted by molar-refractivity contribution is 7.00. The second kappa shape index (κ2) is 5.29. The Balaban J connectivity index is 1.61. The van der Waals surface area contributed by atoms with Crippen LogP contribution in [0.15, 0.2) is 47.4 Å². The van der Waals surface area contributed by atoms with E-state index in [0.717, 1.165) is 21.9 Å². The van der Waals surface area contributed by atoms with Gasteiger partial charge in [0.2, 0.25) is 5.91 Å². The Morgan fingerprint density at radius 3 is 2.96 bits per heavy atom. The van der Waals surface area contributed by atoms with E-state index in [0.29, 0.717) is 16.9 Å². The zero-order chi connectivity index (χ0) is 15.8. The van der Waals surface area contributed by atoms with E-state index in [1.165, 1.54) is 4.40 Å². The van der Waals surface area contributed by atoms with Gasteiger partial charge in [-0.15, -0.1) is 5.10 Å². The van der Waals surface area contributed by atoms with Gasteiger partial charge < -0.3 is 5.32 Å². The molecule has 4 rings (SSSR count). The number of hydrogen-bond donors (Lipinski definition) is 1. The van der Waals surface area contributed by atoms with E-state index < -0.39 is 0 Å². The lowest BCUT2D eigenvalue weighted by Crippen LogP contribution is -2.28. The predicted octanol–water partition coefficient (Wildman–Crippen LogP) is 1.14. The summed E-state index contributed by atoms with van der Waals surface area (Å²) in [4.78, 5) is 24.4. The molecular formula is C14H10N6O2S. The molecule has 114 valence electrons. The van der Waals surface area contributed by atoms with Crippen LogP contribution in [0.4, 0.5) is 5.69 Å². The maximum Gasteiger partial charge on any atom is 0.350 e. The lowest BCUT2D eigenvalue weighted by molar-refractivity contribution is -0.116. The highest BCUT2D eigenvalue weighted by atomic mass is 32.1. The summed E-state index contributed by atoms with van der Waals surface area (Å²) in [6, 6.07) is 10.6. The van der Waals surface area contributed by atoms with Crippen LogP contribution >= 0.6 is 11.7 Å². The summed E-state index contributed by atoms with van der Waals surface area (Å²) in [7, 11) is 0. The van der Waals surface area contributed by atoms with Crippen molar-refractivity contribution in [1.82, 2.24) is 22.9 Å². The third kappa shape index (κ3) is 2.36. The minimum atomic E-state index is -0.357. The molecule has 3 aromatic heterocycles. The van der Waals surface area contributed by atoms with Crippen molar-refractivity contribution in [3.8, 4) is 0 Å². The smallest absolute Gasteiger partial charge is 0.322 e. The van der Waals surface area contributed by atoms with Crippen LogP contribution in [0.2, 0.25) is 0 Å². The number of aromatic nitrogens is 5. The molecule has 0 saturated carbocycles. The standard InChI is InChI=1S/C14H10N6O2S/c21-12(15-9-4-3-5-10-13(9)18-23-17-10)8-20-14(22)19-7-2-1-6-11(19)16-20/h1-7H,8H2,(H,15,21). The molecule has 1 aromatic carbocycles. The molecule has 0 radical (unpaired) electrons. The van der Waals surface area contributed by atoms with Crippen molar-refractivity contribution in [1.29, 1.82) is 0 Å². The van der Waals surface area contributed by atoms with E-state index in [1.807, 2.05) is 6.07 Å². The van der Waals surface area contributed by atoms with Crippen LogP contribution < -0.4 is 11.0 Å². The first-order chi connectivity index (χ1) is 11.2. The third-order valence-corrected chi connectivity index (χ3v) is 3.88. The van der Waals surface area contributed by atoms with Gasteiger partial charge in [-0.3, -0.25) is 9.20 Å². The van der Waals surface area contributed by atoms with Crippen LogP contribution in [-0.2, 0) is 11.3 Å². The molecule has 0 bridgehead atoms. The fraction of sp³-hybridized carbons (Fsp3) is 0.0714. The topological polar surface area (TPSA) is 94.2 Å². The molecule has 0 atom stereocenters. The first-order valence-corrected chi connectivity index (χ1v) is 7.51. The van der Waals surface area contributed by atoms with Gasteiger partial charge in [-0.2, -0.15) is 8.75 Å². The van der Waals surface area contributed by atoms with Gasteiger partial charge >= 0.3 is 5.69 Å². The molecule has 23 heavy (non-hydrogen) atoms. The summed E-state index contributed by atoms with van der Waals surface area (Å²) < 4.78 is 10.8. The van der Waals surface area contributed by atoms with Crippen molar-refractivity contribution < 1.29 is 4.79 Å². The molecule has 0 aliphatic heterocycles. The van der Waals surface area contributed by atoms with Crippen LogP contribution in [0, 0.1) is 0 Å². The zero-order valence-electron chi connectivity index (χ0n) is 11.7. The van der Waals surface area contributed by atoms with Gasteiger partial charge in [0.25, 0.3) is 0 Å². The number of amides is 1. The fourth-order valence-corrected chi connectivity index (χ4v) is 2.85. The van der Waals surface area contributed by atoms with Crippen molar-refractivity contribution in [2.75, 3.05) is 5.32 Å². The number of fused-ring (bicyclic) bond motifs is 2. The molecule has 0 aliphatic carbocycles. The minimum Gasteiger partial charge on any atom is -0.322 e. The molecule has 4 aromatic rings. The van der Waals surface area contributed by atoms with Crippen molar-refractivity contribution in [2.45, 2.75) is 6.54 Å². The molecule has 8 nitrogen and oxygen atoms in total. The van der Waals surface area contributed by atoms with Crippen LogP contribution in [0.5, 0.6) is 0 Å². The zero-order valence-corrected chi connectivity index (χ0v) is 12.5. The van der Waals surface area contributed by atoms with E-state index in [9.17, 15) is 9.59 Å². The molecule has 0 unspecified atom stereocenters. The number of benzene rings is 1. The fourth-order valence-electron chi connectivity index (χ4n) is 2.30. The van der Waals surface area contributed by atoms with Crippen molar-refractivity contribution in [2.24, 2.45) is 0 Å². The van der Waals surface area contributed by atoms with Gasteiger partial charge in [-0.25, -0.2) is 9.48 Å². The number of hydrogen-bond acceptors (Lipinski definition) is 6. The highest BCUT2D eigenvalue weighted by Crippen LogP contribution is 2.20. The Bertz CT molecular complexity index is 1080. The summed E-state index contributed by atoms with van der Waals surface area (Å²) in [5.41, 5.74) is 2.06. The molecule has 9 heteroatoms. The normalized spacial score (nSPS) is 11.1. The monoisotopic (exact) mass is 326 g/mol. The Labute approximate surface area is 133 Å².